The van der Waals surface area contributed by atoms with Crippen molar-refractivity contribution in [3.8, 4) is 5.75 Å². The van der Waals surface area contributed by atoms with E-state index in [2.05, 4.69) is 0 Å². The monoisotopic (exact) mass is 271 g/mol. The van der Waals surface area contributed by atoms with Crippen LogP contribution in [0.25, 0.3) is 0 Å². The Hall–Kier alpha value is -1.98. The standard InChI is InChI=1S/C13H15F2NO3/c1-16(2)12(18)4-3-5-19-13-10(14)6-9(8-17)7-11(13)15/h6-8H,3-5H2,1-2H3. The fourth-order valence-electron chi connectivity index (χ4n) is 1.41. The van der Waals surface area contributed by atoms with E-state index in [1.165, 1.54) is 4.90 Å². The second-order valence-corrected chi connectivity index (χ2v) is 4.17. The number of amides is 1. The molecule has 0 aromatic heterocycles. The quantitative estimate of drug-likeness (QED) is 0.587. The summed E-state index contributed by atoms with van der Waals surface area (Å²) in [7, 11) is 3.25. The van der Waals surface area contributed by atoms with E-state index >= 15 is 0 Å². The fraction of sp³-hybridized carbons (Fsp3) is 0.385. The van der Waals surface area contributed by atoms with Crippen molar-refractivity contribution < 1.29 is 23.1 Å². The van der Waals surface area contributed by atoms with Gasteiger partial charge in [0.05, 0.1) is 6.61 Å². The van der Waals surface area contributed by atoms with Crippen molar-refractivity contribution in [3.05, 3.63) is 29.3 Å². The first-order valence-electron chi connectivity index (χ1n) is 5.73. The summed E-state index contributed by atoms with van der Waals surface area (Å²) in [5.41, 5.74) is -0.0925. The van der Waals surface area contributed by atoms with E-state index in [1.54, 1.807) is 14.1 Å². The molecule has 6 heteroatoms. The number of hydrogen-bond donors (Lipinski definition) is 0. The average Bonchev–Trinajstić information content (AvgIpc) is 2.36. The number of nitrogens with zero attached hydrogens (tertiary/aromatic N) is 1. The van der Waals surface area contributed by atoms with Crippen molar-refractivity contribution in [2.45, 2.75) is 12.8 Å². The molecular weight excluding hydrogens is 256 g/mol. The highest BCUT2D eigenvalue weighted by atomic mass is 19.1. The summed E-state index contributed by atoms with van der Waals surface area (Å²) in [6.07, 6.45) is 0.944. The molecule has 0 fully saturated rings. The number of benzene rings is 1. The van der Waals surface area contributed by atoms with Crippen molar-refractivity contribution in [1.82, 2.24) is 4.90 Å². The summed E-state index contributed by atoms with van der Waals surface area (Å²) in [4.78, 5) is 23.1. The number of carbonyl (C=O) groups excluding carboxylic acids is 2. The van der Waals surface area contributed by atoms with E-state index in [1.807, 2.05) is 0 Å². The molecule has 104 valence electrons. The fourth-order valence-corrected chi connectivity index (χ4v) is 1.41. The second-order valence-electron chi connectivity index (χ2n) is 4.17. The normalized spacial score (nSPS) is 10.1. The SMILES string of the molecule is CN(C)C(=O)CCCOc1c(F)cc(C=O)cc1F. The Labute approximate surface area is 110 Å². The summed E-state index contributed by atoms with van der Waals surface area (Å²) in [5.74, 6) is -2.47. The molecular formula is C13H15F2NO3. The molecule has 0 aliphatic carbocycles. The van der Waals surface area contributed by atoms with E-state index < -0.39 is 17.4 Å². The molecule has 0 saturated heterocycles. The number of aldehydes is 1. The van der Waals surface area contributed by atoms with Crippen LogP contribution in [0.2, 0.25) is 0 Å². The third kappa shape index (κ3) is 4.31. The number of hydrogen-bond acceptors (Lipinski definition) is 3. The van der Waals surface area contributed by atoms with E-state index in [0.717, 1.165) is 12.1 Å². The molecule has 0 atom stereocenters. The molecule has 0 aliphatic heterocycles. The molecule has 0 heterocycles. The number of rotatable bonds is 6. The topological polar surface area (TPSA) is 46.6 Å². The minimum atomic E-state index is -0.930. The lowest BCUT2D eigenvalue weighted by atomic mass is 10.2. The van der Waals surface area contributed by atoms with Gasteiger partial charge >= 0.3 is 0 Å². The van der Waals surface area contributed by atoms with Crippen LogP contribution in [-0.4, -0.2) is 37.8 Å². The molecule has 0 saturated carbocycles. The lowest BCUT2D eigenvalue weighted by molar-refractivity contribution is -0.128. The number of ether oxygens (including phenoxy) is 1. The third-order valence-corrected chi connectivity index (χ3v) is 2.44. The van der Waals surface area contributed by atoms with E-state index in [0.29, 0.717) is 12.7 Å². The smallest absolute Gasteiger partial charge is 0.222 e. The Morgan fingerprint density at radius 1 is 1.32 bits per heavy atom. The van der Waals surface area contributed by atoms with Crippen molar-refractivity contribution >= 4 is 12.2 Å². The van der Waals surface area contributed by atoms with Gasteiger partial charge < -0.3 is 9.64 Å². The van der Waals surface area contributed by atoms with Crippen LogP contribution in [0, 0.1) is 11.6 Å². The van der Waals surface area contributed by atoms with Crippen LogP contribution in [0.15, 0.2) is 12.1 Å². The van der Waals surface area contributed by atoms with Gasteiger partial charge in [0.25, 0.3) is 0 Å². The minimum Gasteiger partial charge on any atom is -0.488 e. The molecule has 0 radical (unpaired) electrons. The first-order valence-corrected chi connectivity index (χ1v) is 5.73. The highest BCUT2D eigenvalue weighted by Crippen LogP contribution is 2.23. The molecule has 0 aliphatic rings. The van der Waals surface area contributed by atoms with Gasteiger partial charge in [-0.05, 0) is 18.6 Å². The first kappa shape index (κ1) is 15.1. The van der Waals surface area contributed by atoms with Crippen LogP contribution in [0.4, 0.5) is 8.78 Å². The highest BCUT2D eigenvalue weighted by molar-refractivity contribution is 5.75. The second kappa shape index (κ2) is 6.82. The van der Waals surface area contributed by atoms with Gasteiger partial charge in [-0.2, -0.15) is 0 Å². The molecule has 0 N–H and O–H groups in total. The Kier molecular flexibility index (Phi) is 5.41. The van der Waals surface area contributed by atoms with Crippen LogP contribution in [0.5, 0.6) is 5.75 Å². The Bertz CT molecular complexity index is 452. The lowest BCUT2D eigenvalue weighted by Crippen LogP contribution is -2.21. The van der Waals surface area contributed by atoms with Crippen LogP contribution >= 0.6 is 0 Å². The molecule has 19 heavy (non-hydrogen) atoms. The summed E-state index contributed by atoms with van der Waals surface area (Å²) >= 11 is 0. The van der Waals surface area contributed by atoms with Crippen LogP contribution in [0.1, 0.15) is 23.2 Å². The summed E-state index contributed by atoms with van der Waals surface area (Å²) in [5, 5.41) is 0. The van der Waals surface area contributed by atoms with Crippen molar-refractivity contribution in [2.75, 3.05) is 20.7 Å². The molecule has 1 rings (SSSR count). The van der Waals surface area contributed by atoms with Gasteiger partial charge in [0, 0.05) is 26.1 Å². The predicted molar refractivity (Wildman–Crippen MR) is 65.2 cm³/mol. The highest BCUT2D eigenvalue weighted by Gasteiger charge is 2.12. The summed E-state index contributed by atoms with van der Waals surface area (Å²) in [6.45, 7) is 0.0217. The predicted octanol–water partition coefficient (Wildman–Crippen LogP) is 2.02. The van der Waals surface area contributed by atoms with Crippen molar-refractivity contribution in [3.63, 3.8) is 0 Å². The zero-order valence-electron chi connectivity index (χ0n) is 10.8. The summed E-state index contributed by atoms with van der Waals surface area (Å²) in [6, 6.07) is 1.80. The number of carbonyl (C=O) groups is 2. The van der Waals surface area contributed by atoms with Gasteiger partial charge in [0.15, 0.2) is 17.4 Å². The Morgan fingerprint density at radius 3 is 2.37 bits per heavy atom. The molecule has 4 nitrogen and oxygen atoms in total. The Balaban J connectivity index is 2.54. The number of halogens is 2. The minimum absolute atomic E-state index is 0.0217. The average molecular weight is 271 g/mol. The van der Waals surface area contributed by atoms with Crippen LogP contribution in [0.3, 0.4) is 0 Å². The zero-order valence-corrected chi connectivity index (χ0v) is 10.8. The van der Waals surface area contributed by atoms with Crippen molar-refractivity contribution in [2.24, 2.45) is 0 Å². The molecule has 0 unspecified atom stereocenters. The van der Waals surface area contributed by atoms with Crippen LogP contribution < -0.4 is 4.74 Å². The molecule has 0 spiro atoms. The van der Waals surface area contributed by atoms with E-state index in [-0.39, 0.29) is 24.5 Å². The molecule has 0 bridgehead atoms. The van der Waals surface area contributed by atoms with Gasteiger partial charge in [-0.25, -0.2) is 8.78 Å². The Morgan fingerprint density at radius 2 is 1.89 bits per heavy atom. The third-order valence-electron chi connectivity index (χ3n) is 2.44. The van der Waals surface area contributed by atoms with Crippen LogP contribution in [-0.2, 0) is 4.79 Å². The molecule has 1 amide bonds. The maximum atomic E-state index is 13.4. The maximum Gasteiger partial charge on any atom is 0.222 e. The van der Waals surface area contributed by atoms with Gasteiger partial charge in [-0.1, -0.05) is 0 Å². The first-order chi connectivity index (χ1) is 8.95. The molecule has 1 aromatic rings. The van der Waals surface area contributed by atoms with Crippen molar-refractivity contribution in [1.29, 1.82) is 0 Å². The maximum absolute atomic E-state index is 13.4. The zero-order chi connectivity index (χ0) is 14.4. The lowest BCUT2D eigenvalue weighted by Gasteiger charge is -2.11. The largest absolute Gasteiger partial charge is 0.488 e. The summed E-state index contributed by atoms with van der Waals surface area (Å²) < 4.78 is 31.8. The van der Waals surface area contributed by atoms with E-state index in [9.17, 15) is 18.4 Å². The van der Waals surface area contributed by atoms with Gasteiger partial charge in [-0.15, -0.1) is 0 Å². The van der Waals surface area contributed by atoms with E-state index in [4.69, 9.17) is 4.74 Å². The van der Waals surface area contributed by atoms with Gasteiger partial charge in [0.2, 0.25) is 5.91 Å². The van der Waals surface area contributed by atoms with Gasteiger partial charge in [0.1, 0.15) is 6.29 Å². The van der Waals surface area contributed by atoms with Gasteiger partial charge in [-0.3, -0.25) is 9.59 Å². The molecule has 1 aromatic carbocycles.